The number of aliphatic carboxylic acids is 1. The van der Waals surface area contributed by atoms with Gasteiger partial charge in [0.15, 0.2) is 0 Å². The average molecular weight is 372 g/mol. The second kappa shape index (κ2) is 22.2. The van der Waals surface area contributed by atoms with Crippen molar-refractivity contribution in [3.63, 3.8) is 0 Å². The Bertz CT molecular complexity index is 316. The third-order valence-electron chi connectivity index (χ3n) is 1.42. The molecule has 25 heavy (non-hydrogen) atoms. The summed E-state index contributed by atoms with van der Waals surface area (Å²) >= 11 is 0. The van der Waals surface area contributed by atoms with Crippen LogP contribution >= 0.6 is 0 Å². The summed E-state index contributed by atoms with van der Waals surface area (Å²) in [6.07, 6.45) is -1.48. The first-order valence-corrected chi connectivity index (χ1v) is 7.37. The minimum absolute atomic E-state index is 0.120. The normalized spacial score (nSPS) is 12.2. The van der Waals surface area contributed by atoms with E-state index in [1.807, 2.05) is 0 Å². The van der Waals surface area contributed by atoms with E-state index in [1.54, 1.807) is 6.92 Å². The van der Waals surface area contributed by atoms with Crippen LogP contribution in [0, 0.1) is 0 Å². The summed E-state index contributed by atoms with van der Waals surface area (Å²) in [5, 5.41) is 39.4. The average Bonchev–Trinajstić information content (AvgIpc) is 2.45. The minimum atomic E-state index is -0.833. The number of ether oxygens (including phenoxy) is 2. The summed E-state index contributed by atoms with van der Waals surface area (Å²) in [6, 6.07) is 0. The van der Waals surface area contributed by atoms with Crippen LogP contribution in [0.15, 0.2) is 0 Å². The third kappa shape index (κ3) is 72.1. The van der Waals surface area contributed by atoms with Gasteiger partial charge in [0, 0.05) is 20.8 Å². The number of hydrogen-bond acceptors (Lipinski definition) is 9. The van der Waals surface area contributed by atoms with E-state index in [1.165, 1.54) is 27.7 Å². The maximum Gasteiger partial charge on any atom is 0.303 e. The van der Waals surface area contributed by atoms with Crippen molar-refractivity contribution in [2.75, 3.05) is 19.8 Å². The standard InChI is InChI=1S/C7H12O4.2C3H8O2.C2H4O2/c1-5(11-7(3)9)4-10-6(2)8;2*1-3(5)2-4;1-2(3)4/h5H,4H2,1-3H3;2*3-5H,2H2,1H3;1H3,(H,3,4). The van der Waals surface area contributed by atoms with Crippen molar-refractivity contribution in [3.05, 3.63) is 0 Å². The highest BCUT2D eigenvalue weighted by molar-refractivity contribution is 5.67. The highest BCUT2D eigenvalue weighted by atomic mass is 16.6. The summed E-state index contributed by atoms with van der Waals surface area (Å²) in [5.74, 6) is -1.58. The van der Waals surface area contributed by atoms with Crippen LogP contribution in [0.1, 0.15) is 41.5 Å². The van der Waals surface area contributed by atoms with Gasteiger partial charge >= 0.3 is 11.9 Å². The fourth-order valence-electron chi connectivity index (χ4n) is 0.552. The monoisotopic (exact) mass is 372 g/mol. The Labute approximate surface area is 148 Å². The predicted octanol–water partition coefficient (Wildman–Crippen LogP) is -0.689. The smallest absolute Gasteiger partial charge is 0.303 e. The zero-order valence-corrected chi connectivity index (χ0v) is 15.6. The zero-order chi connectivity index (χ0) is 21.0. The van der Waals surface area contributed by atoms with E-state index in [-0.39, 0.29) is 37.9 Å². The molecule has 0 aliphatic heterocycles. The molecule has 0 spiro atoms. The van der Waals surface area contributed by atoms with Gasteiger partial charge in [-0.25, -0.2) is 0 Å². The molecule has 0 radical (unpaired) electrons. The predicted molar refractivity (Wildman–Crippen MR) is 88.7 cm³/mol. The molecule has 0 rings (SSSR count). The number of carbonyl (C=O) groups excluding carboxylic acids is 2. The van der Waals surface area contributed by atoms with Gasteiger partial charge in [-0.1, -0.05) is 0 Å². The molecule has 5 N–H and O–H groups in total. The van der Waals surface area contributed by atoms with Gasteiger partial charge in [-0.05, 0) is 20.8 Å². The number of aliphatic hydroxyl groups excluding tert-OH is 4. The van der Waals surface area contributed by atoms with Crippen LogP contribution in [0.25, 0.3) is 0 Å². The Morgan fingerprint density at radius 2 is 1.12 bits per heavy atom. The summed E-state index contributed by atoms with van der Waals surface area (Å²) in [7, 11) is 0. The number of carboxylic acids is 1. The molecule has 10 nitrogen and oxygen atoms in total. The molecule has 3 atom stereocenters. The molecule has 0 bridgehead atoms. The van der Waals surface area contributed by atoms with Crippen LogP contribution in [0.2, 0.25) is 0 Å². The van der Waals surface area contributed by atoms with E-state index in [0.717, 1.165) is 6.92 Å². The van der Waals surface area contributed by atoms with Crippen molar-refractivity contribution in [3.8, 4) is 0 Å². The summed E-state index contributed by atoms with van der Waals surface area (Å²) in [4.78, 5) is 29.6. The maximum absolute atomic E-state index is 10.3. The van der Waals surface area contributed by atoms with Gasteiger partial charge in [0.05, 0.1) is 25.4 Å². The Morgan fingerprint density at radius 3 is 1.28 bits per heavy atom. The van der Waals surface area contributed by atoms with Crippen LogP contribution in [0.5, 0.6) is 0 Å². The Kier molecular flexibility index (Phi) is 27.6. The van der Waals surface area contributed by atoms with E-state index in [9.17, 15) is 9.59 Å². The molecule has 3 unspecified atom stereocenters. The van der Waals surface area contributed by atoms with Crippen LogP contribution in [-0.2, 0) is 23.9 Å². The van der Waals surface area contributed by atoms with E-state index in [4.69, 9.17) is 30.3 Å². The first kappa shape index (κ1) is 31.1. The Balaban J connectivity index is -0.000000132. The first-order chi connectivity index (χ1) is 11.3. The maximum atomic E-state index is 10.3. The topological polar surface area (TPSA) is 171 Å². The number of rotatable bonds is 5. The van der Waals surface area contributed by atoms with E-state index in [2.05, 4.69) is 9.47 Å². The molecule has 0 aromatic heterocycles. The Hall–Kier alpha value is -1.75. The van der Waals surface area contributed by atoms with Gasteiger partial charge in [-0.3, -0.25) is 14.4 Å². The number of carbonyl (C=O) groups is 3. The lowest BCUT2D eigenvalue weighted by Gasteiger charge is -2.10. The molecule has 0 saturated heterocycles. The molecule has 0 saturated carbocycles. The summed E-state index contributed by atoms with van der Waals surface area (Å²) in [5.41, 5.74) is 0. The lowest BCUT2D eigenvalue weighted by molar-refractivity contribution is -0.155. The fraction of sp³-hybridized carbons (Fsp3) is 0.800. The van der Waals surface area contributed by atoms with Crippen molar-refractivity contribution >= 4 is 17.9 Å². The van der Waals surface area contributed by atoms with Gasteiger partial charge in [0.1, 0.15) is 12.7 Å². The highest BCUT2D eigenvalue weighted by Gasteiger charge is 2.06. The number of esters is 2. The molecular weight excluding hydrogens is 340 g/mol. The molecule has 0 amide bonds. The van der Waals surface area contributed by atoms with Crippen molar-refractivity contribution in [2.45, 2.75) is 59.9 Å². The number of aliphatic hydroxyl groups is 4. The molecule has 10 heteroatoms. The molecule has 0 aromatic carbocycles. The molecule has 0 heterocycles. The van der Waals surface area contributed by atoms with Crippen LogP contribution < -0.4 is 0 Å². The third-order valence-corrected chi connectivity index (χ3v) is 1.42. The van der Waals surface area contributed by atoms with Crippen molar-refractivity contribution in [1.82, 2.24) is 0 Å². The highest BCUT2D eigenvalue weighted by Crippen LogP contribution is 1.92. The lowest BCUT2D eigenvalue weighted by atomic mass is 10.4. The molecule has 0 aliphatic rings. The SMILES string of the molecule is CC(=O)O.CC(=O)OCC(C)OC(C)=O.CC(O)CO.CC(O)CO. The zero-order valence-electron chi connectivity index (χ0n) is 15.6. The van der Waals surface area contributed by atoms with Crippen LogP contribution in [-0.4, -0.2) is 81.6 Å². The van der Waals surface area contributed by atoms with E-state index in [0.29, 0.717) is 0 Å². The molecule has 0 fully saturated rings. The van der Waals surface area contributed by atoms with Crippen LogP contribution in [0.4, 0.5) is 0 Å². The lowest BCUT2D eigenvalue weighted by Crippen LogP contribution is -2.19. The van der Waals surface area contributed by atoms with Gasteiger partial charge in [0.2, 0.25) is 0 Å². The quantitative estimate of drug-likeness (QED) is 0.389. The number of carboxylic acid groups (broad SMARTS) is 1. The largest absolute Gasteiger partial charge is 0.481 e. The van der Waals surface area contributed by atoms with Gasteiger partial charge < -0.3 is 35.0 Å². The van der Waals surface area contributed by atoms with Gasteiger partial charge in [-0.2, -0.15) is 0 Å². The molecule has 0 aromatic rings. The molecular formula is C15H32O10. The van der Waals surface area contributed by atoms with E-state index < -0.39 is 18.2 Å². The van der Waals surface area contributed by atoms with Gasteiger partial charge in [-0.15, -0.1) is 0 Å². The summed E-state index contributed by atoms with van der Waals surface area (Å²) in [6.45, 7) is 8.25. The van der Waals surface area contributed by atoms with Crippen LogP contribution in [0.3, 0.4) is 0 Å². The first-order valence-electron chi connectivity index (χ1n) is 7.37. The van der Waals surface area contributed by atoms with Crippen molar-refractivity contribution in [2.24, 2.45) is 0 Å². The minimum Gasteiger partial charge on any atom is -0.481 e. The van der Waals surface area contributed by atoms with Crippen molar-refractivity contribution in [1.29, 1.82) is 0 Å². The van der Waals surface area contributed by atoms with Crippen molar-refractivity contribution < 1.29 is 49.4 Å². The van der Waals surface area contributed by atoms with E-state index >= 15 is 0 Å². The summed E-state index contributed by atoms with van der Waals surface area (Å²) < 4.78 is 9.27. The fourth-order valence-corrected chi connectivity index (χ4v) is 0.552. The molecule has 0 aliphatic carbocycles. The second-order valence-electron chi connectivity index (χ2n) is 4.80. The molecule has 152 valence electrons. The van der Waals surface area contributed by atoms with Gasteiger partial charge in [0.25, 0.3) is 5.97 Å². The number of hydrogen-bond donors (Lipinski definition) is 5. The Morgan fingerprint density at radius 1 is 0.840 bits per heavy atom. The second-order valence-corrected chi connectivity index (χ2v) is 4.80.